The SMILES string of the molecule is Cc1c(C(=O)NCC2(N3CCCCC3)CCCCC2)cnn1-c1ccc(C(F)(F)F)cn1. The number of hydrogen-bond donors (Lipinski definition) is 1. The second-order valence-corrected chi connectivity index (χ2v) is 8.97. The van der Waals surface area contributed by atoms with Gasteiger partial charge in [0.15, 0.2) is 5.82 Å². The molecule has 1 saturated carbocycles. The van der Waals surface area contributed by atoms with Crippen molar-refractivity contribution in [2.75, 3.05) is 19.6 Å². The zero-order chi connectivity index (χ0) is 22.8. The average molecular weight is 450 g/mol. The van der Waals surface area contributed by atoms with E-state index < -0.39 is 11.7 Å². The van der Waals surface area contributed by atoms with Crippen molar-refractivity contribution in [3.63, 3.8) is 0 Å². The number of aromatic nitrogens is 3. The number of amides is 1. The van der Waals surface area contributed by atoms with Gasteiger partial charge in [0, 0.05) is 18.3 Å². The number of pyridine rings is 1. The standard InChI is InChI=1S/C23H30F3N5O/c1-17-19(15-29-31(17)20-9-8-18(14-27-20)23(24,25)26)21(32)28-16-22(10-4-2-5-11-22)30-12-6-3-7-13-30/h8-9,14-15H,2-7,10-13,16H2,1H3,(H,28,32). The van der Waals surface area contributed by atoms with E-state index in [2.05, 4.69) is 20.3 Å². The molecule has 2 fully saturated rings. The molecule has 0 radical (unpaired) electrons. The zero-order valence-electron chi connectivity index (χ0n) is 18.4. The number of hydrogen-bond acceptors (Lipinski definition) is 4. The Morgan fingerprint density at radius 3 is 2.38 bits per heavy atom. The number of nitrogens with one attached hydrogen (secondary N) is 1. The highest BCUT2D eigenvalue weighted by atomic mass is 19.4. The van der Waals surface area contributed by atoms with Gasteiger partial charge in [-0.15, -0.1) is 0 Å². The number of nitrogens with zero attached hydrogens (tertiary/aromatic N) is 4. The maximum Gasteiger partial charge on any atom is 0.417 e. The van der Waals surface area contributed by atoms with E-state index in [1.165, 1.54) is 55.5 Å². The highest BCUT2D eigenvalue weighted by Gasteiger charge is 2.38. The Morgan fingerprint density at radius 2 is 1.75 bits per heavy atom. The quantitative estimate of drug-likeness (QED) is 0.730. The number of halogens is 3. The van der Waals surface area contributed by atoms with Crippen molar-refractivity contribution in [2.45, 2.75) is 70.0 Å². The van der Waals surface area contributed by atoms with Gasteiger partial charge in [0.1, 0.15) is 0 Å². The van der Waals surface area contributed by atoms with Crippen LogP contribution in [0, 0.1) is 6.92 Å². The molecule has 174 valence electrons. The number of likely N-dealkylation sites (tertiary alicyclic amines) is 1. The third kappa shape index (κ3) is 4.67. The molecule has 1 aliphatic heterocycles. The average Bonchev–Trinajstić information content (AvgIpc) is 3.19. The van der Waals surface area contributed by atoms with Gasteiger partial charge >= 0.3 is 6.18 Å². The molecular weight excluding hydrogens is 419 g/mol. The first-order valence-electron chi connectivity index (χ1n) is 11.4. The van der Waals surface area contributed by atoms with Crippen molar-refractivity contribution in [1.29, 1.82) is 0 Å². The molecule has 0 aromatic carbocycles. The van der Waals surface area contributed by atoms with Crippen LogP contribution in [0.25, 0.3) is 5.82 Å². The molecule has 0 bridgehead atoms. The molecule has 1 saturated heterocycles. The van der Waals surface area contributed by atoms with Crippen LogP contribution in [0.2, 0.25) is 0 Å². The van der Waals surface area contributed by atoms with Crippen molar-refractivity contribution in [3.05, 3.63) is 41.3 Å². The Bertz CT molecular complexity index is 926. The van der Waals surface area contributed by atoms with E-state index in [1.807, 2.05) is 0 Å². The van der Waals surface area contributed by atoms with Gasteiger partial charge in [-0.05, 0) is 57.8 Å². The second kappa shape index (κ2) is 9.21. The number of carbonyl (C=O) groups is 1. The molecule has 1 N–H and O–H groups in total. The summed E-state index contributed by atoms with van der Waals surface area (Å²) in [5.41, 5.74) is 0.161. The number of carbonyl (C=O) groups excluding carboxylic acids is 1. The van der Waals surface area contributed by atoms with E-state index in [0.29, 0.717) is 17.8 Å². The van der Waals surface area contributed by atoms with Crippen LogP contribution in [0.5, 0.6) is 0 Å². The molecule has 0 atom stereocenters. The van der Waals surface area contributed by atoms with E-state index in [4.69, 9.17) is 0 Å². The predicted molar refractivity (Wildman–Crippen MR) is 115 cm³/mol. The van der Waals surface area contributed by atoms with Gasteiger partial charge in [0.25, 0.3) is 5.91 Å². The normalized spacial score (nSPS) is 19.6. The summed E-state index contributed by atoms with van der Waals surface area (Å²) in [6.07, 6.45) is 7.29. The molecule has 2 aromatic rings. The van der Waals surface area contributed by atoms with Gasteiger partial charge < -0.3 is 5.32 Å². The van der Waals surface area contributed by atoms with Crippen molar-refractivity contribution in [2.24, 2.45) is 0 Å². The van der Waals surface area contributed by atoms with Crippen molar-refractivity contribution in [3.8, 4) is 5.82 Å². The molecule has 2 aliphatic rings. The second-order valence-electron chi connectivity index (χ2n) is 8.97. The van der Waals surface area contributed by atoms with E-state index >= 15 is 0 Å². The summed E-state index contributed by atoms with van der Waals surface area (Å²) in [7, 11) is 0. The lowest BCUT2D eigenvalue weighted by atomic mass is 9.79. The van der Waals surface area contributed by atoms with Gasteiger partial charge in [0.05, 0.1) is 23.0 Å². The van der Waals surface area contributed by atoms with Crippen molar-refractivity contribution in [1.82, 2.24) is 25.0 Å². The molecule has 0 unspecified atom stereocenters. The summed E-state index contributed by atoms with van der Waals surface area (Å²) in [6, 6.07) is 2.23. The summed E-state index contributed by atoms with van der Waals surface area (Å²) in [5, 5.41) is 7.34. The minimum absolute atomic E-state index is 0.0210. The lowest BCUT2D eigenvalue weighted by molar-refractivity contribution is -0.137. The third-order valence-corrected chi connectivity index (χ3v) is 6.94. The van der Waals surface area contributed by atoms with Gasteiger partial charge in [0.2, 0.25) is 0 Å². The largest absolute Gasteiger partial charge is 0.417 e. The minimum Gasteiger partial charge on any atom is -0.350 e. The Hall–Kier alpha value is -2.42. The fraction of sp³-hybridized carbons (Fsp3) is 0.609. The molecule has 4 rings (SSSR count). The monoisotopic (exact) mass is 449 g/mol. The van der Waals surface area contributed by atoms with E-state index in [9.17, 15) is 18.0 Å². The molecule has 1 amide bonds. The first kappa shape index (κ1) is 22.8. The first-order valence-corrected chi connectivity index (χ1v) is 11.4. The van der Waals surface area contributed by atoms with Crippen LogP contribution in [0.15, 0.2) is 24.5 Å². The summed E-state index contributed by atoms with van der Waals surface area (Å²) in [4.78, 5) is 19.5. The highest BCUT2D eigenvalue weighted by Crippen LogP contribution is 2.35. The van der Waals surface area contributed by atoms with Gasteiger partial charge in [-0.3, -0.25) is 9.69 Å². The van der Waals surface area contributed by atoms with Gasteiger partial charge in [-0.2, -0.15) is 18.3 Å². The lowest BCUT2D eigenvalue weighted by Gasteiger charge is -2.48. The summed E-state index contributed by atoms with van der Waals surface area (Å²) >= 11 is 0. The molecule has 2 aromatic heterocycles. The molecule has 1 aliphatic carbocycles. The maximum absolute atomic E-state index is 13.0. The summed E-state index contributed by atoms with van der Waals surface area (Å²) in [5.74, 6) is 0.0363. The third-order valence-electron chi connectivity index (χ3n) is 6.94. The molecular formula is C23H30F3N5O. The van der Waals surface area contributed by atoms with Crippen molar-refractivity contribution >= 4 is 5.91 Å². The fourth-order valence-corrected chi connectivity index (χ4v) is 5.07. The van der Waals surface area contributed by atoms with Crippen molar-refractivity contribution < 1.29 is 18.0 Å². The van der Waals surface area contributed by atoms with Crippen LogP contribution in [-0.2, 0) is 6.18 Å². The molecule has 6 nitrogen and oxygen atoms in total. The number of piperidine rings is 1. The summed E-state index contributed by atoms with van der Waals surface area (Å²) < 4.78 is 39.8. The van der Waals surface area contributed by atoms with Crippen LogP contribution >= 0.6 is 0 Å². The first-order chi connectivity index (χ1) is 15.3. The number of alkyl halides is 3. The van der Waals surface area contributed by atoms with Crippen LogP contribution in [0.3, 0.4) is 0 Å². The Balaban J connectivity index is 1.47. The van der Waals surface area contributed by atoms with E-state index in [0.717, 1.165) is 38.2 Å². The molecule has 3 heterocycles. The van der Waals surface area contributed by atoms with Gasteiger partial charge in [-0.25, -0.2) is 9.67 Å². The zero-order valence-corrected chi connectivity index (χ0v) is 18.4. The Morgan fingerprint density at radius 1 is 1.06 bits per heavy atom. The fourth-order valence-electron chi connectivity index (χ4n) is 5.07. The molecule has 32 heavy (non-hydrogen) atoms. The number of rotatable bonds is 5. The van der Waals surface area contributed by atoms with Crippen LogP contribution in [-0.4, -0.2) is 50.7 Å². The minimum atomic E-state index is -4.45. The topological polar surface area (TPSA) is 63.1 Å². The van der Waals surface area contributed by atoms with E-state index in [1.54, 1.807) is 6.92 Å². The highest BCUT2D eigenvalue weighted by molar-refractivity contribution is 5.95. The van der Waals surface area contributed by atoms with Crippen LogP contribution in [0.1, 0.15) is 73.0 Å². The Kier molecular flexibility index (Phi) is 6.55. The van der Waals surface area contributed by atoms with Crippen LogP contribution in [0.4, 0.5) is 13.2 Å². The lowest BCUT2D eigenvalue weighted by Crippen LogP contribution is -2.58. The van der Waals surface area contributed by atoms with Crippen LogP contribution < -0.4 is 5.32 Å². The smallest absolute Gasteiger partial charge is 0.350 e. The maximum atomic E-state index is 13.0. The van der Waals surface area contributed by atoms with E-state index in [-0.39, 0.29) is 17.3 Å². The Labute approximate surface area is 186 Å². The molecule has 0 spiro atoms. The van der Waals surface area contributed by atoms with Gasteiger partial charge in [-0.1, -0.05) is 25.7 Å². The predicted octanol–water partition coefficient (Wildman–Crippen LogP) is 4.51. The summed E-state index contributed by atoms with van der Waals surface area (Å²) in [6.45, 7) is 4.51. The molecule has 9 heteroatoms.